The molecule has 0 amide bonds. The molecule has 0 fully saturated rings. The van der Waals surface area contributed by atoms with E-state index in [9.17, 15) is 36.6 Å². The minimum absolute atomic E-state index is 0. The maximum atomic E-state index is 12.1. The molecule has 0 aliphatic heterocycles. The van der Waals surface area contributed by atoms with Crippen LogP contribution < -0.4 is 69.3 Å². The van der Waals surface area contributed by atoms with Crippen LogP contribution in [0.15, 0.2) is 0 Å². The van der Waals surface area contributed by atoms with Gasteiger partial charge in [0.05, 0.1) is 0 Å². The molecule has 10 heteroatoms. The summed E-state index contributed by atoms with van der Waals surface area (Å²) in [6.07, 6.45) is 0. The van der Waals surface area contributed by atoms with Crippen molar-refractivity contribution in [2.24, 2.45) is 0 Å². The fourth-order valence-corrected chi connectivity index (χ4v) is 0.449. The van der Waals surface area contributed by atoms with Crippen molar-refractivity contribution in [3.63, 3.8) is 0 Å². The van der Waals surface area contributed by atoms with Gasteiger partial charge in [-0.05, 0) is 0 Å². The van der Waals surface area contributed by atoms with E-state index in [4.69, 9.17) is 0 Å². The predicted octanol–water partition coefficient (Wildman–Crippen LogP) is -6.38. The maximum absolute atomic E-state index is 12.1. The molecule has 2 nitrogen and oxygen atoms in total. The van der Waals surface area contributed by atoms with Crippen molar-refractivity contribution >= 4 is 0 Å². The van der Waals surface area contributed by atoms with Crippen molar-refractivity contribution in [2.75, 3.05) is 13.2 Å². The molecule has 0 aliphatic carbocycles. The summed E-state index contributed by atoms with van der Waals surface area (Å²) in [7, 11) is 0. The molecule has 15 heavy (non-hydrogen) atoms. The summed E-state index contributed by atoms with van der Waals surface area (Å²) in [5.74, 6) is -16.7. The number of rotatable bonds is 4. The number of hydrogen-bond acceptors (Lipinski definition) is 2. The van der Waals surface area contributed by atoms with Crippen molar-refractivity contribution in [1.82, 2.24) is 0 Å². The Morgan fingerprint density at radius 1 is 0.667 bits per heavy atom. The third-order valence-electron chi connectivity index (χ3n) is 1.28. The average Bonchev–Trinajstić information content (AvgIpc) is 2.03. The Morgan fingerprint density at radius 2 is 0.867 bits per heavy atom. The molecule has 0 N–H and O–H groups in total. The Labute approximate surface area is 126 Å². The summed E-state index contributed by atoms with van der Waals surface area (Å²) in [6.45, 7) is -5.40. The van der Waals surface area contributed by atoms with Crippen LogP contribution in [0, 0.1) is 0 Å². The molecule has 0 aromatic rings. The SMILES string of the molecule is [Na+].[Na+].[O-]CC(F)(F)C(F)(F)C(F)(F)C[O-]. The van der Waals surface area contributed by atoms with Crippen LogP contribution >= 0.6 is 0 Å². The van der Waals surface area contributed by atoms with E-state index < -0.39 is 31.0 Å². The van der Waals surface area contributed by atoms with Gasteiger partial charge in [0.1, 0.15) is 0 Å². The molecule has 80 valence electrons. The van der Waals surface area contributed by atoms with Crippen molar-refractivity contribution < 1.29 is 95.7 Å². The smallest absolute Gasteiger partial charge is 0.850 e. The van der Waals surface area contributed by atoms with Crippen LogP contribution in [0.4, 0.5) is 26.3 Å². The van der Waals surface area contributed by atoms with E-state index in [-0.39, 0.29) is 59.1 Å². The van der Waals surface area contributed by atoms with Gasteiger partial charge in [0.2, 0.25) is 0 Å². The molecule has 0 saturated heterocycles. The first-order valence-corrected chi connectivity index (χ1v) is 2.92. The standard InChI is InChI=1S/C5H4F6O2.2Na/c6-3(7,1-12)5(10,11)4(8,9)2-13;;/h1-2H2;;/q-2;2*+1. The van der Waals surface area contributed by atoms with Crippen molar-refractivity contribution in [3.8, 4) is 0 Å². The first-order chi connectivity index (χ1) is 5.62. The normalized spacial score (nSPS) is 12.8. The molecule has 0 rings (SSSR count). The second kappa shape index (κ2) is 7.05. The van der Waals surface area contributed by atoms with E-state index >= 15 is 0 Å². The first kappa shape index (κ1) is 21.8. The second-order valence-electron chi connectivity index (χ2n) is 2.27. The molecule has 0 aliphatic rings. The van der Waals surface area contributed by atoms with Crippen LogP contribution in [0.3, 0.4) is 0 Å². The van der Waals surface area contributed by atoms with Gasteiger partial charge in [-0.15, -0.1) is 0 Å². The van der Waals surface area contributed by atoms with Gasteiger partial charge in [-0.3, -0.25) is 0 Å². The Hall–Kier alpha value is 1.50. The molecule has 0 unspecified atom stereocenters. The monoisotopic (exact) mass is 256 g/mol. The molecule has 0 spiro atoms. The Morgan fingerprint density at radius 3 is 1.00 bits per heavy atom. The van der Waals surface area contributed by atoms with Crippen LogP contribution in [0.5, 0.6) is 0 Å². The Bertz CT molecular complexity index is 170. The van der Waals surface area contributed by atoms with Crippen LogP contribution in [0.25, 0.3) is 0 Å². The van der Waals surface area contributed by atoms with Crippen molar-refractivity contribution in [2.45, 2.75) is 17.8 Å². The van der Waals surface area contributed by atoms with E-state index in [1.165, 1.54) is 0 Å². The third-order valence-corrected chi connectivity index (χ3v) is 1.28. The summed E-state index contributed by atoms with van der Waals surface area (Å²) in [4.78, 5) is 0. The molecule has 0 heterocycles. The van der Waals surface area contributed by atoms with Crippen molar-refractivity contribution in [3.05, 3.63) is 0 Å². The van der Waals surface area contributed by atoms with Gasteiger partial charge in [0, 0.05) is 0 Å². The van der Waals surface area contributed by atoms with Gasteiger partial charge in [-0.1, -0.05) is 13.2 Å². The molecule has 0 aromatic carbocycles. The Balaban J connectivity index is -0.000000720. The van der Waals surface area contributed by atoms with Gasteiger partial charge in [0.15, 0.2) is 0 Å². The van der Waals surface area contributed by atoms with Gasteiger partial charge in [-0.2, -0.15) is 8.78 Å². The minimum atomic E-state index is -5.90. The molecule has 0 aromatic heterocycles. The summed E-state index contributed by atoms with van der Waals surface area (Å²) < 4.78 is 71.9. The van der Waals surface area contributed by atoms with E-state index in [1.807, 2.05) is 0 Å². The second-order valence-corrected chi connectivity index (χ2v) is 2.27. The number of halogens is 6. The molecule has 0 saturated carbocycles. The largest absolute Gasteiger partial charge is 1.00 e. The van der Waals surface area contributed by atoms with Gasteiger partial charge in [0.25, 0.3) is 0 Å². The zero-order chi connectivity index (χ0) is 10.9. The third kappa shape index (κ3) is 4.34. The molecule has 0 atom stereocenters. The van der Waals surface area contributed by atoms with Gasteiger partial charge in [-0.25, -0.2) is 17.6 Å². The van der Waals surface area contributed by atoms with Crippen LogP contribution in [0.1, 0.15) is 0 Å². The molecule has 0 radical (unpaired) electrons. The number of hydrogen-bond donors (Lipinski definition) is 0. The van der Waals surface area contributed by atoms with Crippen LogP contribution in [-0.2, 0) is 0 Å². The fraction of sp³-hybridized carbons (Fsp3) is 1.00. The summed E-state index contributed by atoms with van der Waals surface area (Å²) in [6, 6.07) is 0. The zero-order valence-electron chi connectivity index (χ0n) is 8.00. The van der Waals surface area contributed by atoms with Gasteiger partial charge >= 0.3 is 76.9 Å². The Kier molecular flexibility index (Phi) is 10.2. The summed E-state index contributed by atoms with van der Waals surface area (Å²) in [5, 5.41) is 19.0. The molecule has 0 bridgehead atoms. The molecular formula is C5H4F6Na2O2. The van der Waals surface area contributed by atoms with E-state index in [2.05, 4.69) is 0 Å². The summed E-state index contributed by atoms with van der Waals surface area (Å²) >= 11 is 0. The first-order valence-electron chi connectivity index (χ1n) is 2.92. The van der Waals surface area contributed by atoms with E-state index in [0.717, 1.165) is 0 Å². The van der Waals surface area contributed by atoms with Crippen LogP contribution in [0.2, 0.25) is 0 Å². The van der Waals surface area contributed by atoms with Crippen molar-refractivity contribution in [1.29, 1.82) is 0 Å². The predicted molar refractivity (Wildman–Crippen MR) is 24.6 cm³/mol. The number of alkyl halides is 6. The summed E-state index contributed by atoms with van der Waals surface area (Å²) in [5.41, 5.74) is 0. The van der Waals surface area contributed by atoms with Crippen LogP contribution in [-0.4, -0.2) is 31.0 Å². The topological polar surface area (TPSA) is 46.1 Å². The zero-order valence-corrected chi connectivity index (χ0v) is 12.0. The maximum Gasteiger partial charge on any atom is 1.00 e. The fourth-order valence-electron chi connectivity index (χ4n) is 0.449. The van der Waals surface area contributed by atoms with Gasteiger partial charge < -0.3 is 10.2 Å². The average molecular weight is 256 g/mol. The van der Waals surface area contributed by atoms with E-state index in [1.54, 1.807) is 0 Å². The van der Waals surface area contributed by atoms with E-state index in [0.29, 0.717) is 0 Å². The quantitative estimate of drug-likeness (QED) is 0.371. The molecular weight excluding hydrogens is 252 g/mol. The minimum Gasteiger partial charge on any atom is -0.850 e.